The molecule has 1 amide bonds. The minimum absolute atomic E-state index is 0.167. The van der Waals surface area contributed by atoms with E-state index in [1.54, 1.807) is 18.2 Å². The molecule has 0 spiro atoms. The molecule has 1 saturated heterocycles. The van der Waals surface area contributed by atoms with Crippen molar-refractivity contribution in [3.8, 4) is 0 Å². The Bertz CT molecular complexity index is 1300. The number of rotatable bonds is 4. The molecule has 1 aliphatic heterocycles. The number of morpholine rings is 1. The predicted octanol–water partition coefficient (Wildman–Crippen LogP) is 3.78. The van der Waals surface area contributed by atoms with Crippen molar-refractivity contribution in [1.29, 1.82) is 0 Å². The number of nitrogens with one attached hydrogen (secondary N) is 1. The molecule has 5 rings (SSSR count). The molecule has 0 radical (unpaired) electrons. The summed E-state index contributed by atoms with van der Waals surface area (Å²) in [5.41, 5.74) is 3.93. The molecule has 7 nitrogen and oxygen atoms in total. The summed E-state index contributed by atoms with van der Waals surface area (Å²) in [6.45, 7) is 1.42. The van der Waals surface area contributed by atoms with Crippen LogP contribution in [0.25, 0.3) is 10.9 Å². The molecule has 0 unspecified atom stereocenters. The second-order valence-electron chi connectivity index (χ2n) is 8.49. The zero-order chi connectivity index (χ0) is 22.8. The Kier molecular flexibility index (Phi) is 6.14. The molecule has 33 heavy (non-hydrogen) atoms. The monoisotopic (exact) mass is 465 g/mol. The summed E-state index contributed by atoms with van der Waals surface area (Å²) in [5, 5.41) is 3.79. The van der Waals surface area contributed by atoms with E-state index in [1.165, 1.54) is 10.4 Å². The van der Waals surface area contributed by atoms with Gasteiger partial charge < -0.3 is 10.1 Å². The molecule has 1 N–H and O–H groups in total. The van der Waals surface area contributed by atoms with Crippen molar-refractivity contribution in [3.05, 3.63) is 65.4 Å². The normalized spacial score (nSPS) is 17.3. The van der Waals surface area contributed by atoms with E-state index < -0.39 is 10.0 Å². The van der Waals surface area contributed by atoms with Crippen LogP contribution in [-0.4, -0.2) is 49.9 Å². The molecular formula is C25H27N3O4S. The van der Waals surface area contributed by atoms with Gasteiger partial charge in [-0.1, -0.05) is 30.7 Å². The number of carbonyl (C=O) groups excluding carboxylic acids is 1. The smallest absolute Gasteiger partial charge is 0.256 e. The van der Waals surface area contributed by atoms with Gasteiger partial charge in [0.15, 0.2) is 0 Å². The lowest BCUT2D eigenvalue weighted by atomic mass is 9.96. The Balaban J connectivity index is 1.50. The highest BCUT2D eigenvalue weighted by molar-refractivity contribution is 7.89. The number of carbonyl (C=O) groups is 1. The van der Waals surface area contributed by atoms with E-state index in [0.717, 1.165) is 54.3 Å². The van der Waals surface area contributed by atoms with Gasteiger partial charge in [0.2, 0.25) is 10.0 Å². The van der Waals surface area contributed by atoms with Crippen LogP contribution in [0.3, 0.4) is 0 Å². The van der Waals surface area contributed by atoms with E-state index in [4.69, 9.17) is 9.72 Å². The SMILES string of the molecule is O=C(Nc1cccc(S(=O)(=O)N2CCOCC2)c1)c1c2c(nc3ccccc13)CCCCC2. The topological polar surface area (TPSA) is 88.6 Å². The summed E-state index contributed by atoms with van der Waals surface area (Å²) in [7, 11) is -3.65. The number of aryl methyl sites for hydroxylation is 1. The first-order valence-corrected chi connectivity index (χ1v) is 12.9. The Morgan fingerprint density at radius 3 is 2.61 bits per heavy atom. The predicted molar refractivity (Wildman–Crippen MR) is 127 cm³/mol. The highest BCUT2D eigenvalue weighted by atomic mass is 32.2. The van der Waals surface area contributed by atoms with Crippen LogP contribution in [0.1, 0.15) is 40.9 Å². The molecule has 2 aromatic carbocycles. The van der Waals surface area contributed by atoms with Gasteiger partial charge in [-0.2, -0.15) is 4.31 Å². The van der Waals surface area contributed by atoms with Crippen molar-refractivity contribution in [3.63, 3.8) is 0 Å². The fourth-order valence-corrected chi connectivity index (χ4v) is 6.13. The fraction of sp³-hybridized carbons (Fsp3) is 0.360. The van der Waals surface area contributed by atoms with E-state index >= 15 is 0 Å². The molecule has 3 aromatic rings. The van der Waals surface area contributed by atoms with Gasteiger partial charge in [-0.3, -0.25) is 9.78 Å². The highest BCUT2D eigenvalue weighted by Crippen LogP contribution is 2.30. The van der Waals surface area contributed by atoms with Crippen molar-refractivity contribution < 1.29 is 17.9 Å². The quantitative estimate of drug-likeness (QED) is 0.593. The second-order valence-corrected chi connectivity index (χ2v) is 10.4. The van der Waals surface area contributed by atoms with Crippen molar-refractivity contribution in [2.24, 2.45) is 0 Å². The van der Waals surface area contributed by atoms with Crippen LogP contribution < -0.4 is 5.32 Å². The van der Waals surface area contributed by atoms with Crippen LogP contribution in [0.5, 0.6) is 0 Å². The summed E-state index contributed by atoms with van der Waals surface area (Å²) >= 11 is 0. The molecule has 2 aliphatic rings. The molecule has 0 saturated carbocycles. The number of hydrogen-bond acceptors (Lipinski definition) is 5. The third-order valence-electron chi connectivity index (χ3n) is 6.35. The fourth-order valence-electron chi connectivity index (χ4n) is 4.67. The largest absolute Gasteiger partial charge is 0.379 e. The van der Waals surface area contributed by atoms with Gasteiger partial charge in [-0.15, -0.1) is 0 Å². The Hall–Kier alpha value is -2.81. The third kappa shape index (κ3) is 4.38. The van der Waals surface area contributed by atoms with Gasteiger partial charge in [0, 0.05) is 29.9 Å². The van der Waals surface area contributed by atoms with Gasteiger partial charge in [0.1, 0.15) is 0 Å². The van der Waals surface area contributed by atoms with E-state index in [0.29, 0.717) is 37.6 Å². The average Bonchev–Trinajstić information content (AvgIpc) is 3.08. The molecular weight excluding hydrogens is 438 g/mol. The molecule has 0 bridgehead atoms. The van der Waals surface area contributed by atoms with Crippen LogP contribution >= 0.6 is 0 Å². The molecule has 8 heteroatoms. The summed E-state index contributed by atoms with van der Waals surface area (Å²) in [5.74, 6) is -0.229. The Labute approximate surface area is 193 Å². The summed E-state index contributed by atoms with van der Waals surface area (Å²) < 4.78 is 32.8. The zero-order valence-electron chi connectivity index (χ0n) is 18.4. The summed E-state index contributed by atoms with van der Waals surface area (Å²) in [6, 6.07) is 14.2. The molecule has 1 aliphatic carbocycles. The lowest BCUT2D eigenvalue weighted by molar-refractivity contribution is 0.0730. The van der Waals surface area contributed by atoms with Crippen molar-refractivity contribution in [1.82, 2.24) is 9.29 Å². The maximum Gasteiger partial charge on any atom is 0.256 e. The van der Waals surface area contributed by atoms with E-state index in [2.05, 4.69) is 5.32 Å². The lowest BCUT2D eigenvalue weighted by Crippen LogP contribution is -2.40. The van der Waals surface area contributed by atoms with Crippen LogP contribution in [0, 0.1) is 0 Å². The summed E-state index contributed by atoms with van der Waals surface area (Å²) in [4.78, 5) is 18.6. The lowest BCUT2D eigenvalue weighted by Gasteiger charge is -2.26. The van der Waals surface area contributed by atoms with Crippen molar-refractivity contribution >= 4 is 32.5 Å². The van der Waals surface area contributed by atoms with Gasteiger partial charge in [-0.05, 0) is 55.5 Å². The van der Waals surface area contributed by atoms with Crippen LogP contribution in [0.4, 0.5) is 5.69 Å². The first-order valence-electron chi connectivity index (χ1n) is 11.4. The van der Waals surface area contributed by atoms with Crippen LogP contribution in [0.15, 0.2) is 53.4 Å². The van der Waals surface area contributed by atoms with Crippen LogP contribution in [-0.2, 0) is 27.6 Å². The maximum absolute atomic E-state index is 13.6. The maximum atomic E-state index is 13.6. The van der Waals surface area contributed by atoms with Gasteiger partial charge in [0.05, 0.1) is 29.2 Å². The number of ether oxygens (including phenoxy) is 1. The van der Waals surface area contributed by atoms with E-state index in [9.17, 15) is 13.2 Å². The number of pyridine rings is 1. The molecule has 172 valence electrons. The summed E-state index contributed by atoms with van der Waals surface area (Å²) in [6.07, 6.45) is 4.91. The molecule has 2 heterocycles. The molecule has 0 atom stereocenters. The van der Waals surface area contributed by atoms with Crippen LogP contribution in [0.2, 0.25) is 0 Å². The number of nitrogens with zero attached hydrogens (tertiary/aromatic N) is 2. The average molecular weight is 466 g/mol. The minimum atomic E-state index is -3.65. The number of benzene rings is 2. The van der Waals surface area contributed by atoms with Gasteiger partial charge in [-0.25, -0.2) is 8.42 Å². The Morgan fingerprint density at radius 2 is 1.76 bits per heavy atom. The minimum Gasteiger partial charge on any atom is -0.379 e. The number of fused-ring (bicyclic) bond motifs is 2. The Morgan fingerprint density at radius 1 is 0.970 bits per heavy atom. The molecule has 1 fully saturated rings. The number of hydrogen-bond donors (Lipinski definition) is 1. The van der Waals surface area contributed by atoms with E-state index in [-0.39, 0.29) is 10.8 Å². The second kappa shape index (κ2) is 9.21. The molecule has 1 aromatic heterocycles. The third-order valence-corrected chi connectivity index (χ3v) is 8.24. The highest BCUT2D eigenvalue weighted by Gasteiger charge is 2.27. The number of amides is 1. The van der Waals surface area contributed by atoms with E-state index in [1.807, 2.05) is 24.3 Å². The first kappa shape index (κ1) is 22.0. The standard InChI is InChI=1S/C25H27N3O4S/c29-25(24-20-9-2-1-3-11-22(20)27-23-12-5-4-10-21(23)24)26-18-7-6-8-19(17-18)33(30,31)28-13-15-32-16-14-28/h4-8,10,12,17H,1-3,9,11,13-16H2,(H,26,29). The number of sulfonamides is 1. The first-order chi connectivity index (χ1) is 16.0. The zero-order valence-corrected chi connectivity index (χ0v) is 19.2. The van der Waals surface area contributed by atoms with Gasteiger partial charge in [0.25, 0.3) is 5.91 Å². The number of anilines is 1. The number of para-hydroxylation sites is 1. The van der Waals surface area contributed by atoms with Crippen molar-refractivity contribution in [2.45, 2.75) is 37.0 Å². The van der Waals surface area contributed by atoms with Crippen molar-refractivity contribution in [2.75, 3.05) is 31.6 Å². The van der Waals surface area contributed by atoms with Gasteiger partial charge >= 0.3 is 0 Å². The number of aromatic nitrogens is 1.